The number of ether oxygens (including phenoxy) is 1. The van der Waals surface area contributed by atoms with Crippen molar-refractivity contribution in [3.8, 4) is 5.75 Å². The average molecular weight is 401 g/mol. The van der Waals surface area contributed by atoms with Crippen LogP contribution >= 0.6 is 0 Å². The van der Waals surface area contributed by atoms with Crippen LogP contribution in [-0.4, -0.2) is 37.4 Å². The fourth-order valence-corrected chi connectivity index (χ4v) is 2.89. The maximum absolute atomic E-state index is 12.3. The summed E-state index contributed by atoms with van der Waals surface area (Å²) in [6.07, 6.45) is 1.33. The Morgan fingerprint density at radius 3 is 2.32 bits per heavy atom. The summed E-state index contributed by atoms with van der Waals surface area (Å²) in [6.45, 7) is -0.206. The third kappa shape index (κ3) is 5.40. The predicted octanol–water partition coefficient (Wildman–Crippen LogP) is 1.95. The zero-order valence-electron chi connectivity index (χ0n) is 15.1. The molecule has 0 spiro atoms. The molecule has 9 heteroatoms. The topological polar surface area (TPSA) is 111 Å². The quantitative estimate of drug-likeness (QED) is 0.614. The Kier molecular flexibility index (Phi) is 6.05. The van der Waals surface area contributed by atoms with Crippen molar-refractivity contribution in [2.24, 2.45) is 0 Å². The number of aromatic nitrogens is 2. The van der Waals surface area contributed by atoms with Crippen LogP contribution in [0.3, 0.4) is 0 Å². The molecule has 1 heterocycles. The van der Waals surface area contributed by atoms with Crippen molar-refractivity contribution in [3.05, 3.63) is 72.1 Å². The van der Waals surface area contributed by atoms with E-state index in [4.69, 9.17) is 9.15 Å². The predicted molar refractivity (Wildman–Crippen MR) is 100 cm³/mol. The molecule has 0 aliphatic carbocycles. The van der Waals surface area contributed by atoms with E-state index in [1.54, 1.807) is 24.3 Å². The third-order valence-corrected chi connectivity index (χ3v) is 4.57. The van der Waals surface area contributed by atoms with Crippen molar-refractivity contribution in [3.63, 3.8) is 0 Å². The number of para-hydroxylation sites is 1. The van der Waals surface area contributed by atoms with E-state index in [-0.39, 0.29) is 12.5 Å². The van der Waals surface area contributed by atoms with E-state index in [1.807, 2.05) is 36.4 Å². The molecule has 0 fully saturated rings. The van der Waals surface area contributed by atoms with Gasteiger partial charge in [-0.3, -0.25) is 4.79 Å². The van der Waals surface area contributed by atoms with Crippen LogP contribution in [0.5, 0.6) is 5.75 Å². The Balaban J connectivity index is 1.74. The van der Waals surface area contributed by atoms with E-state index >= 15 is 0 Å². The van der Waals surface area contributed by atoms with Crippen LogP contribution in [0.15, 0.2) is 70.3 Å². The molecule has 1 atom stereocenters. The van der Waals surface area contributed by atoms with E-state index in [9.17, 15) is 13.2 Å². The molecule has 0 unspecified atom stereocenters. The molecular formula is C19H19N3O5S. The fraction of sp³-hybridized carbons (Fsp3) is 0.211. The number of hydrogen-bond acceptors (Lipinski definition) is 7. The van der Waals surface area contributed by atoms with Gasteiger partial charge in [0.05, 0.1) is 0 Å². The summed E-state index contributed by atoms with van der Waals surface area (Å²) >= 11 is 0. The van der Waals surface area contributed by atoms with E-state index in [0.717, 1.165) is 11.8 Å². The third-order valence-electron chi connectivity index (χ3n) is 3.77. The van der Waals surface area contributed by atoms with E-state index in [1.165, 1.54) is 0 Å². The number of carbonyl (C=O) groups is 1. The second-order valence-electron chi connectivity index (χ2n) is 6.09. The van der Waals surface area contributed by atoms with Gasteiger partial charge in [-0.15, -0.1) is 5.10 Å². The standard InChI is InChI=1S/C19H19N3O5S/c1-28(24,25)19-22-21-18(27-19)16(12-14-8-4-2-5-9-14)20-17(23)13-26-15-10-6-3-7-11-15/h2-11,16H,12-13H2,1H3,(H,20,23)/t16-/m0/s1. The fourth-order valence-electron chi connectivity index (χ4n) is 2.46. The number of rotatable bonds is 8. The van der Waals surface area contributed by atoms with Crippen molar-refractivity contribution in [1.29, 1.82) is 0 Å². The lowest BCUT2D eigenvalue weighted by Crippen LogP contribution is -2.34. The first kappa shape index (κ1) is 19.6. The summed E-state index contributed by atoms with van der Waals surface area (Å²) in [5.74, 6) is 0.177. The highest BCUT2D eigenvalue weighted by Crippen LogP contribution is 2.19. The van der Waals surface area contributed by atoms with E-state index in [2.05, 4.69) is 15.5 Å². The van der Waals surface area contributed by atoms with Crippen molar-refractivity contribution in [2.75, 3.05) is 12.9 Å². The first-order valence-electron chi connectivity index (χ1n) is 8.46. The lowest BCUT2D eigenvalue weighted by atomic mass is 10.1. The van der Waals surface area contributed by atoms with Gasteiger partial charge < -0.3 is 14.5 Å². The SMILES string of the molecule is CS(=O)(=O)c1nnc([C@H](Cc2ccccc2)NC(=O)COc2ccccc2)o1. The minimum Gasteiger partial charge on any atom is -0.484 e. The molecule has 0 aliphatic rings. The number of sulfone groups is 1. The van der Waals surface area contributed by atoms with Crippen LogP contribution in [0, 0.1) is 0 Å². The summed E-state index contributed by atoms with van der Waals surface area (Å²) in [4.78, 5) is 12.3. The lowest BCUT2D eigenvalue weighted by Gasteiger charge is -2.15. The van der Waals surface area contributed by atoms with E-state index in [0.29, 0.717) is 12.2 Å². The molecule has 28 heavy (non-hydrogen) atoms. The Morgan fingerprint density at radius 1 is 1.07 bits per heavy atom. The van der Waals surface area contributed by atoms with Gasteiger partial charge in [-0.25, -0.2) is 8.42 Å². The summed E-state index contributed by atoms with van der Waals surface area (Å²) < 4.78 is 33.9. The monoisotopic (exact) mass is 401 g/mol. The van der Waals surface area contributed by atoms with Crippen molar-refractivity contribution in [2.45, 2.75) is 17.7 Å². The zero-order chi connectivity index (χ0) is 20.0. The van der Waals surface area contributed by atoms with Gasteiger partial charge in [0.1, 0.15) is 11.8 Å². The summed E-state index contributed by atoms with van der Waals surface area (Å²) in [6, 6.07) is 17.6. The molecule has 0 bridgehead atoms. The van der Waals surface area contributed by atoms with Crippen LogP contribution < -0.4 is 10.1 Å². The molecular weight excluding hydrogens is 382 g/mol. The summed E-state index contributed by atoms with van der Waals surface area (Å²) in [5, 5.41) is 9.63. The average Bonchev–Trinajstić information content (AvgIpc) is 3.18. The van der Waals surface area contributed by atoms with Gasteiger partial charge in [-0.1, -0.05) is 53.6 Å². The van der Waals surface area contributed by atoms with Gasteiger partial charge in [-0.2, -0.15) is 0 Å². The van der Waals surface area contributed by atoms with Crippen LogP contribution in [0.25, 0.3) is 0 Å². The molecule has 146 valence electrons. The zero-order valence-corrected chi connectivity index (χ0v) is 15.9. The van der Waals surface area contributed by atoms with Crippen LogP contribution in [0.2, 0.25) is 0 Å². The molecule has 0 aliphatic heterocycles. The Bertz CT molecular complexity index is 1020. The molecule has 1 amide bonds. The minimum atomic E-state index is -3.64. The van der Waals surface area contributed by atoms with Gasteiger partial charge >= 0.3 is 5.22 Å². The number of amides is 1. The molecule has 8 nitrogen and oxygen atoms in total. The second kappa shape index (κ2) is 8.66. The minimum absolute atomic E-state index is 0.0114. The second-order valence-corrected chi connectivity index (χ2v) is 7.98. The number of hydrogen-bond donors (Lipinski definition) is 1. The smallest absolute Gasteiger partial charge is 0.335 e. The maximum Gasteiger partial charge on any atom is 0.335 e. The highest BCUT2D eigenvalue weighted by Gasteiger charge is 2.24. The van der Waals surface area contributed by atoms with Gasteiger partial charge in [0.2, 0.25) is 15.7 Å². The number of carbonyl (C=O) groups excluding carboxylic acids is 1. The number of nitrogens with zero attached hydrogens (tertiary/aromatic N) is 2. The highest BCUT2D eigenvalue weighted by atomic mass is 32.2. The molecule has 0 saturated heterocycles. The van der Waals surface area contributed by atoms with Crippen LogP contribution in [-0.2, 0) is 21.1 Å². The Labute approximate surface area is 162 Å². The molecule has 1 aromatic heterocycles. The first-order valence-corrected chi connectivity index (χ1v) is 10.4. The highest BCUT2D eigenvalue weighted by molar-refractivity contribution is 7.90. The van der Waals surface area contributed by atoms with Gasteiger partial charge in [-0.05, 0) is 17.7 Å². The first-order chi connectivity index (χ1) is 13.4. The Hall–Kier alpha value is -3.20. The molecule has 3 aromatic rings. The van der Waals surface area contributed by atoms with Gasteiger partial charge in [0.15, 0.2) is 6.61 Å². The van der Waals surface area contributed by atoms with Crippen molar-refractivity contribution in [1.82, 2.24) is 15.5 Å². The molecule has 0 saturated carbocycles. The molecule has 1 N–H and O–H groups in total. The summed E-state index contributed by atoms with van der Waals surface area (Å²) in [5.41, 5.74) is 0.913. The number of benzene rings is 2. The van der Waals surface area contributed by atoms with Crippen LogP contribution in [0.4, 0.5) is 0 Å². The van der Waals surface area contributed by atoms with E-state index < -0.39 is 27.0 Å². The van der Waals surface area contributed by atoms with Crippen molar-refractivity contribution >= 4 is 15.7 Å². The van der Waals surface area contributed by atoms with Crippen LogP contribution in [0.1, 0.15) is 17.5 Å². The van der Waals surface area contributed by atoms with Crippen molar-refractivity contribution < 1.29 is 22.4 Å². The normalized spacial score (nSPS) is 12.3. The van der Waals surface area contributed by atoms with Gasteiger partial charge in [0.25, 0.3) is 5.91 Å². The molecule has 3 rings (SSSR count). The lowest BCUT2D eigenvalue weighted by molar-refractivity contribution is -0.124. The molecule has 0 radical (unpaired) electrons. The summed E-state index contributed by atoms with van der Waals surface area (Å²) in [7, 11) is -3.64. The maximum atomic E-state index is 12.3. The Morgan fingerprint density at radius 2 is 1.71 bits per heavy atom. The molecule has 2 aromatic carbocycles. The van der Waals surface area contributed by atoms with Gasteiger partial charge in [0, 0.05) is 12.7 Å². The number of nitrogens with one attached hydrogen (secondary N) is 1. The largest absolute Gasteiger partial charge is 0.484 e.